The van der Waals surface area contributed by atoms with Gasteiger partial charge in [0, 0.05) is 10.6 Å². The number of benzene rings is 1. The van der Waals surface area contributed by atoms with E-state index in [2.05, 4.69) is 10.5 Å². The van der Waals surface area contributed by atoms with Crippen LogP contribution in [0.4, 0.5) is 4.79 Å². The Morgan fingerprint density at radius 3 is 2.53 bits per heavy atom. The first kappa shape index (κ1) is 15.2. The Kier molecular flexibility index (Phi) is 7.49. The highest BCUT2D eigenvalue weighted by atomic mass is 35.5. The number of hydrogen-bond acceptors (Lipinski definition) is 4. The maximum Gasteiger partial charge on any atom is 0.404 e. The molecule has 0 aliphatic carbocycles. The quantitative estimate of drug-likeness (QED) is 0.689. The zero-order valence-corrected chi connectivity index (χ0v) is 9.63. The van der Waals surface area contributed by atoms with Gasteiger partial charge >= 0.3 is 6.09 Å². The molecule has 0 aromatic heterocycles. The lowest BCUT2D eigenvalue weighted by molar-refractivity contribution is -0.106. The van der Waals surface area contributed by atoms with Crippen molar-refractivity contribution in [2.24, 2.45) is 11.5 Å². The molecular formula is C10H13ClN2O4. The molecule has 0 aliphatic heterocycles. The lowest BCUT2D eigenvalue weighted by Gasteiger charge is -2.11. The Bertz CT molecular complexity index is 373. The number of ether oxygens (including phenoxy) is 1. The van der Waals surface area contributed by atoms with Gasteiger partial charge in [0.1, 0.15) is 12.7 Å². The minimum absolute atomic E-state index is 0.195. The average Bonchev–Trinajstić information content (AvgIpc) is 2.27. The fourth-order valence-corrected chi connectivity index (χ4v) is 1.26. The van der Waals surface area contributed by atoms with Crippen molar-refractivity contribution in [1.29, 1.82) is 0 Å². The number of nitrogens with two attached hydrogens (primary N) is 2. The van der Waals surface area contributed by atoms with E-state index in [4.69, 9.17) is 22.1 Å². The molecule has 0 unspecified atom stereocenters. The van der Waals surface area contributed by atoms with Crippen molar-refractivity contribution in [3.63, 3.8) is 0 Å². The van der Waals surface area contributed by atoms with Crippen molar-refractivity contribution < 1.29 is 19.4 Å². The summed E-state index contributed by atoms with van der Waals surface area (Å²) in [6.45, 7) is -0.195. The van der Waals surface area contributed by atoms with E-state index in [9.17, 15) is 9.90 Å². The number of aliphatic hydroxyl groups excluding tert-OH is 1. The molecule has 0 saturated heterocycles. The van der Waals surface area contributed by atoms with Crippen LogP contribution in [0.5, 0.6) is 0 Å². The molecule has 7 heteroatoms. The third kappa shape index (κ3) is 6.39. The number of amides is 2. The summed E-state index contributed by atoms with van der Waals surface area (Å²) in [6.07, 6.45) is -1.62. The minimum atomic E-state index is -0.948. The lowest BCUT2D eigenvalue weighted by atomic mass is 10.1. The molecule has 17 heavy (non-hydrogen) atoms. The molecule has 0 bridgehead atoms. The highest BCUT2D eigenvalue weighted by molar-refractivity contribution is 6.31. The highest BCUT2D eigenvalue weighted by Gasteiger charge is 2.12. The number of primary amides is 2. The van der Waals surface area contributed by atoms with Crippen LogP contribution >= 0.6 is 11.6 Å². The highest BCUT2D eigenvalue weighted by Crippen LogP contribution is 2.22. The molecule has 1 aromatic rings. The van der Waals surface area contributed by atoms with E-state index in [1.807, 2.05) is 0 Å². The largest absolute Gasteiger partial charge is 0.447 e. The van der Waals surface area contributed by atoms with E-state index in [0.29, 0.717) is 10.6 Å². The summed E-state index contributed by atoms with van der Waals surface area (Å²) in [5.74, 6) is 0. The second-order valence-electron chi connectivity index (χ2n) is 2.80. The predicted molar refractivity (Wildman–Crippen MR) is 62.2 cm³/mol. The van der Waals surface area contributed by atoms with Crippen molar-refractivity contribution in [2.45, 2.75) is 6.10 Å². The van der Waals surface area contributed by atoms with E-state index >= 15 is 0 Å². The molecule has 2 amide bonds. The molecule has 1 rings (SSSR count). The molecular weight excluding hydrogens is 248 g/mol. The standard InChI is InChI=1S/C9H10ClNO3.CH3NO/c10-7-4-2-1-3-6(7)8(12)5-14-9(11)13;2-1-3/h1-4,8,12H,5H2,(H2,11,13);1H,(H2,2,3)/t8-;/m0./s1. The van der Waals surface area contributed by atoms with Crippen molar-refractivity contribution >= 4 is 24.1 Å². The molecule has 94 valence electrons. The first-order valence-corrected chi connectivity index (χ1v) is 4.90. The van der Waals surface area contributed by atoms with Crippen molar-refractivity contribution in [3.8, 4) is 0 Å². The average molecular weight is 261 g/mol. The van der Waals surface area contributed by atoms with Crippen LogP contribution in [0.1, 0.15) is 11.7 Å². The van der Waals surface area contributed by atoms with Gasteiger partial charge in [0.05, 0.1) is 0 Å². The fraction of sp³-hybridized carbons (Fsp3) is 0.200. The Hall–Kier alpha value is -1.79. The Morgan fingerprint density at radius 2 is 2.06 bits per heavy atom. The topological polar surface area (TPSA) is 116 Å². The van der Waals surface area contributed by atoms with Crippen LogP contribution in [0.2, 0.25) is 5.02 Å². The monoisotopic (exact) mass is 260 g/mol. The normalized spacial score (nSPS) is 10.7. The molecule has 0 heterocycles. The maximum absolute atomic E-state index is 10.3. The summed E-state index contributed by atoms with van der Waals surface area (Å²) in [4.78, 5) is 18.9. The Morgan fingerprint density at radius 1 is 1.53 bits per heavy atom. The molecule has 0 aliphatic rings. The summed E-state index contributed by atoms with van der Waals surface area (Å²) < 4.78 is 4.44. The third-order valence-electron chi connectivity index (χ3n) is 1.65. The van der Waals surface area contributed by atoms with E-state index in [0.717, 1.165) is 0 Å². The number of halogens is 1. The zero-order chi connectivity index (χ0) is 13.3. The van der Waals surface area contributed by atoms with Gasteiger partial charge in [-0.15, -0.1) is 0 Å². The van der Waals surface area contributed by atoms with Crippen LogP contribution in [-0.2, 0) is 9.53 Å². The van der Waals surface area contributed by atoms with Gasteiger partial charge < -0.3 is 21.3 Å². The molecule has 1 atom stereocenters. The van der Waals surface area contributed by atoms with Gasteiger partial charge in [0.15, 0.2) is 0 Å². The van der Waals surface area contributed by atoms with E-state index in [1.165, 1.54) is 0 Å². The predicted octanol–water partition coefficient (Wildman–Crippen LogP) is 0.570. The second-order valence-corrected chi connectivity index (χ2v) is 3.21. The van der Waals surface area contributed by atoms with Crippen LogP contribution in [0.25, 0.3) is 0 Å². The van der Waals surface area contributed by atoms with Crippen LogP contribution in [0.15, 0.2) is 24.3 Å². The van der Waals surface area contributed by atoms with Crippen LogP contribution in [-0.4, -0.2) is 24.2 Å². The van der Waals surface area contributed by atoms with Gasteiger partial charge in [-0.1, -0.05) is 29.8 Å². The van der Waals surface area contributed by atoms with Gasteiger partial charge in [-0.05, 0) is 6.07 Å². The maximum atomic E-state index is 10.3. The van der Waals surface area contributed by atoms with Gasteiger partial charge in [0.25, 0.3) is 0 Å². The van der Waals surface area contributed by atoms with E-state index in [-0.39, 0.29) is 13.0 Å². The number of aliphatic hydroxyl groups is 1. The molecule has 0 fully saturated rings. The summed E-state index contributed by atoms with van der Waals surface area (Å²) in [7, 11) is 0. The van der Waals surface area contributed by atoms with Crippen LogP contribution in [0.3, 0.4) is 0 Å². The second kappa shape index (κ2) is 8.37. The van der Waals surface area contributed by atoms with Crippen LogP contribution < -0.4 is 11.5 Å². The summed E-state index contributed by atoms with van der Waals surface area (Å²) in [5, 5.41) is 9.96. The van der Waals surface area contributed by atoms with E-state index in [1.54, 1.807) is 24.3 Å². The van der Waals surface area contributed by atoms with Gasteiger partial charge in [-0.25, -0.2) is 4.79 Å². The Balaban J connectivity index is 0.000000770. The molecule has 0 radical (unpaired) electrons. The lowest BCUT2D eigenvalue weighted by Crippen LogP contribution is -2.17. The van der Waals surface area contributed by atoms with Gasteiger partial charge in [0.2, 0.25) is 6.41 Å². The summed E-state index contributed by atoms with van der Waals surface area (Å²) in [6, 6.07) is 6.77. The fourth-order valence-electron chi connectivity index (χ4n) is 0.996. The van der Waals surface area contributed by atoms with Crippen molar-refractivity contribution in [3.05, 3.63) is 34.9 Å². The third-order valence-corrected chi connectivity index (χ3v) is 1.99. The van der Waals surface area contributed by atoms with Crippen LogP contribution in [0, 0.1) is 0 Å². The number of rotatable bonds is 3. The summed E-state index contributed by atoms with van der Waals surface area (Å²) in [5.41, 5.74) is 9.43. The number of carbonyl (C=O) groups is 2. The van der Waals surface area contributed by atoms with Crippen molar-refractivity contribution in [2.75, 3.05) is 6.61 Å². The molecule has 1 aromatic carbocycles. The summed E-state index contributed by atoms with van der Waals surface area (Å²) >= 11 is 5.80. The zero-order valence-electron chi connectivity index (χ0n) is 8.88. The minimum Gasteiger partial charge on any atom is -0.447 e. The molecule has 5 N–H and O–H groups in total. The molecule has 6 nitrogen and oxygen atoms in total. The SMILES string of the molecule is NC(=O)OC[C@H](O)c1ccccc1Cl.NC=O. The smallest absolute Gasteiger partial charge is 0.404 e. The Labute approximate surface area is 103 Å². The molecule has 0 saturated carbocycles. The van der Waals surface area contributed by atoms with Gasteiger partial charge in [-0.3, -0.25) is 4.79 Å². The number of hydrogen-bond donors (Lipinski definition) is 3. The van der Waals surface area contributed by atoms with Gasteiger partial charge in [-0.2, -0.15) is 0 Å². The number of carbonyl (C=O) groups excluding carboxylic acids is 2. The first-order valence-electron chi connectivity index (χ1n) is 4.53. The van der Waals surface area contributed by atoms with Crippen molar-refractivity contribution in [1.82, 2.24) is 0 Å². The molecule has 0 spiro atoms. The first-order chi connectivity index (χ1) is 8.02. The van der Waals surface area contributed by atoms with E-state index < -0.39 is 12.2 Å².